The van der Waals surface area contributed by atoms with Gasteiger partial charge in [-0.3, -0.25) is 18.9 Å². The van der Waals surface area contributed by atoms with Crippen molar-refractivity contribution in [3.05, 3.63) is 161 Å². The molecule has 366 valence electrons. The standard InChI is InChI=1S/C24H20N6O3S.C9H13BrN2O3S.C5H4BrNO.C4H11N.ClHO3S/c25-34(32,33)20-13-18(15-27-24(20)31)22-28-23(26-14-16-7-3-1-4-8-16)21-19(11-12-30(21)29-22)17-9-5-2-6-10-17;1-9(2,3)12-16(14,15)7-4-6(10)5-11-8(7)13;6-4-1-2-5(8)7-3-4;1-4(2,3)5;1-5(2,3)4/h1-13,15H,14H2,(H,27,31)(H2,25,32,33)(H,26,28,29);4-5,12H,1-3H3,(H,11,13);1-3H,(H,7,8);5H2,1-3H3;(H,2,3,4). The SMILES string of the molecule is CC(C)(C)N.CC(C)(C)NS(=O)(=O)c1cc(Br)c[nH]c1=O.NS(=O)(=O)c1cc(-c2nc(NCc3ccccc3)c3c(-c4ccccc4)ccn3n2)c[nH]c1=O.O=S(=O)(O)Cl.O=c1ccc(Br)c[nH]1. The molecule has 0 unspecified atom stereocenters. The smallest absolute Gasteiger partial charge is 0.353 e. The molecule has 0 amide bonds. The number of primary sulfonamides is 1. The van der Waals surface area contributed by atoms with Crippen molar-refractivity contribution in [1.29, 1.82) is 0 Å². The highest BCUT2D eigenvalue weighted by molar-refractivity contribution is 9.10. The molecule has 2 aromatic carbocycles. The molecule has 0 saturated heterocycles. The minimum Gasteiger partial charge on any atom is -0.364 e. The van der Waals surface area contributed by atoms with E-state index in [1.54, 1.807) is 37.5 Å². The van der Waals surface area contributed by atoms with Crippen LogP contribution in [0.25, 0.3) is 28.0 Å². The Kier molecular flexibility index (Phi) is 20.3. The zero-order valence-electron chi connectivity index (χ0n) is 37.2. The van der Waals surface area contributed by atoms with E-state index in [4.69, 9.17) is 28.8 Å². The predicted molar refractivity (Wildman–Crippen MR) is 271 cm³/mol. The van der Waals surface area contributed by atoms with Crippen molar-refractivity contribution in [3.8, 4) is 22.5 Å². The van der Waals surface area contributed by atoms with Gasteiger partial charge in [0.1, 0.15) is 15.3 Å². The Morgan fingerprint density at radius 1 is 0.735 bits per heavy atom. The Morgan fingerprint density at radius 2 is 1.26 bits per heavy atom. The van der Waals surface area contributed by atoms with Crippen molar-refractivity contribution < 1.29 is 29.8 Å². The van der Waals surface area contributed by atoms with Crippen LogP contribution in [0.4, 0.5) is 5.82 Å². The lowest BCUT2D eigenvalue weighted by molar-refractivity contribution is 0.490. The van der Waals surface area contributed by atoms with Crippen LogP contribution >= 0.6 is 42.5 Å². The molecule has 0 spiro atoms. The van der Waals surface area contributed by atoms with E-state index in [0.29, 0.717) is 22.4 Å². The Morgan fingerprint density at radius 3 is 1.78 bits per heavy atom. The van der Waals surface area contributed by atoms with E-state index in [-0.39, 0.29) is 21.8 Å². The Labute approximate surface area is 413 Å². The summed E-state index contributed by atoms with van der Waals surface area (Å²) >= 11 is 6.28. The maximum atomic E-state index is 12.0. The second-order valence-corrected chi connectivity index (χ2v) is 23.2. The number of halogens is 3. The third kappa shape index (κ3) is 20.5. The Bertz CT molecular complexity index is 3290. The fourth-order valence-electron chi connectivity index (χ4n) is 5.19. The first-order valence-corrected chi connectivity index (χ1v) is 26.4. The molecule has 0 aliphatic heterocycles. The third-order valence-electron chi connectivity index (χ3n) is 7.64. The molecule has 0 radical (unpaired) electrons. The van der Waals surface area contributed by atoms with E-state index in [0.717, 1.165) is 26.7 Å². The minimum atomic E-state index is -4.22. The number of aromatic nitrogens is 6. The summed E-state index contributed by atoms with van der Waals surface area (Å²) in [5.74, 6) is 0.778. The van der Waals surface area contributed by atoms with Crippen LogP contribution in [0.2, 0.25) is 0 Å². The van der Waals surface area contributed by atoms with E-state index in [2.05, 4.69) is 72.6 Å². The molecule has 0 aliphatic rings. The molecule has 0 aliphatic carbocycles. The lowest BCUT2D eigenvalue weighted by atomic mass is 10.1. The van der Waals surface area contributed by atoms with Gasteiger partial charge in [-0.25, -0.2) is 36.2 Å². The number of rotatable bonds is 8. The zero-order valence-corrected chi connectivity index (χ0v) is 43.5. The lowest BCUT2D eigenvalue weighted by Gasteiger charge is -2.19. The van der Waals surface area contributed by atoms with Gasteiger partial charge in [-0.1, -0.05) is 60.7 Å². The molecule has 7 aromatic rings. The monoisotopic (exact) mass is 1140 g/mol. The topological polar surface area (TPSA) is 328 Å². The second kappa shape index (κ2) is 24.3. The van der Waals surface area contributed by atoms with Crippen molar-refractivity contribution in [2.45, 2.75) is 69.0 Å². The van der Waals surface area contributed by atoms with Crippen LogP contribution in [0.1, 0.15) is 47.1 Å². The first-order chi connectivity index (χ1) is 31.3. The van der Waals surface area contributed by atoms with Gasteiger partial charge in [0.25, 0.3) is 11.1 Å². The van der Waals surface area contributed by atoms with Crippen LogP contribution in [0, 0.1) is 0 Å². The molecule has 0 bridgehead atoms. The van der Waals surface area contributed by atoms with Gasteiger partial charge < -0.3 is 26.0 Å². The van der Waals surface area contributed by atoms with Gasteiger partial charge in [-0.2, -0.15) is 8.42 Å². The van der Waals surface area contributed by atoms with Crippen molar-refractivity contribution in [3.63, 3.8) is 0 Å². The van der Waals surface area contributed by atoms with Gasteiger partial charge >= 0.3 is 9.33 Å². The Balaban J connectivity index is 0.000000295. The van der Waals surface area contributed by atoms with Crippen LogP contribution < -0.4 is 37.6 Å². The van der Waals surface area contributed by atoms with Gasteiger partial charge in [0, 0.05) is 79.2 Å². The van der Waals surface area contributed by atoms with Gasteiger partial charge in [0.05, 0.1) is 0 Å². The number of nitrogens with zero attached hydrogens (tertiary/aromatic N) is 3. The van der Waals surface area contributed by atoms with Gasteiger partial charge in [-0.15, -0.1) is 5.10 Å². The number of fused-ring (bicyclic) bond motifs is 1. The molecule has 7 rings (SSSR count). The van der Waals surface area contributed by atoms with Crippen LogP contribution in [0.5, 0.6) is 0 Å². The molecule has 10 N–H and O–H groups in total. The largest absolute Gasteiger partial charge is 0.364 e. The zero-order chi connectivity index (χ0) is 51.3. The van der Waals surface area contributed by atoms with Crippen molar-refractivity contribution in [2.24, 2.45) is 10.9 Å². The Hall–Kier alpha value is -5.35. The maximum absolute atomic E-state index is 12.0. The van der Waals surface area contributed by atoms with E-state index in [9.17, 15) is 31.2 Å². The van der Waals surface area contributed by atoms with Gasteiger partial charge in [0.2, 0.25) is 25.6 Å². The predicted octanol–water partition coefficient (Wildman–Crippen LogP) is 6.13. The van der Waals surface area contributed by atoms with E-state index >= 15 is 0 Å². The van der Waals surface area contributed by atoms with E-state index in [1.807, 2.05) is 93.7 Å². The number of anilines is 1. The molecule has 5 heterocycles. The molecule has 5 aromatic heterocycles. The molecule has 0 atom stereocenters. The summed E-state index contributed by atoms with van der Waals surface area (Å²) in [7, 11) is -8.15. The quantitative estimate of drug-likeness (QED) is 0.0627. The molecular formula is C42H49Br2ClN10O10S3. The van der Waals surface area contributed by atoms with Crippen LogP contribution in [0.3, 0.4) is 0 Å². The van der Waals surface area contributed by atoms with Gasteiger partial charge in [0.15, 0.2) is 11.6 Å². The summed E-state index contributed by atoms with van der Waals surface area (Å²) in [6, 6.07) is 27.3. The lowest BCUT2D eigenvalue weighted by Crippen LogP contribution is -2.42. The molecule has 20 nitrogen and oxygen atoms in total. The van der Waals surface area contributed by atoms with E-state index in [1.165, 1.54) is 30.6 Å². The second-order valence-electron chi connectivity index (χ2n) is 16.2. The fourth-order valence-corrected chi connectivity index (χ4v) is 8.04. The normalized spacial score (nSPS) is 11.6. The fraction of sp³-hybridized carbons (Fsp3) is 0.214. The summed E-state index contributed by atoms with van der Waals surface area (Å²) < 4.78 is 78.1. The number of hydrogen-bond donors (Lipinski definition) is 8. The average molecular weight is 1150 g/mol. The van der Waals surface area contributed by atoms with Gasteiger partial charge in [-0.05, 0) is 109 Å². The molecular weight excluding hydrogens is 1100 g/mol. The number of nitrogens with one attached hydrogen (secondary N) is 5. The summed E-state index contributed by atoms with van der Waals surface area (Å²) in [5.41, 5.74) is 7.29. The third-order valence-corrected chi connectivity index (χ3v) is 11.3. The highest BCUT2D eigenvalue weighted by atomic mass is 79.9. The van der Waals surface area contributed by atoms with Crippen molar-refractivity contribution in [2.75, 3.05) is 5.32 Å². The number of aromatic amines is 3. The number of H-pyrrole nitrogens is 3. The summed E-state index contributed by atoms with van der Waals surface area (Å²) in [4.78, 5) is 44.8. The maximum Gasteiger partial charge on any atom is 0.353 e. The average Bonchev–Trinajstić information content (AvgIpc) is 3.65. The number of sulfonamides is 2. The number of benzene rings is 2. The highest BCUT2D eigenvalue weighted by Crippen LogP contribution is 2.31. The van der Waals surface area contributed by atoms with Crippen LogP contribution in [-0.4, -0.2) is 70.4 Å². The van der Waals surface area contributed by atoms with Crippen LogP contribution in [0.15, 0.2) is 149 Å². The first kappa shape index (κ1) is 57.0. The molecule has 26 heteroatoms. The van der Waals surface area contributed by atoms with Crippen molar-refractivity contribution >= 4 is 83.3 Å². The molecule has 0 saturated carbocycles. The minimum absolute atomic E-state index is 0. The summed E-state index contributed by atoms with van der Waals surface area (Å²) in [5, 5.41) is 13.1. The molecule has 0 fully saturated rings. The molecule has 68 heavy (non-hydrogen) atoms. The summed E-state index contributed by atoms with van der Waals surface area (Å²) in [6.45, 7) is 11.5. The number of pyridine rings is 3. The summed E-state index contributed by atoms with van der Waals surface area (Å²) in [6.07, 6.45) is 6.16. The number of hydrogen-bond acceptors (Lipinski definition) is 13. The van der Waals surface area contributed by atoms with Crippen molar-refractivity contribution in [1.82, 2.24) is 34.3 Å². The van der Waals surface area contributed by atoms with E-state index < -0.39 is 50.9 Å². The highest BCUT2D eigenvalue weighted by Gasteiger charge is 2.25. The first-order valence-electron chi connectivity index (χ1n) is 19.5. The van der Waals surface area contributed by atoms with Crippen LogP contribution in [-0.2, 0) is 35.9 Å². The number of nitrogens with two attached hydrogens (primary N) is 2.